The van der Waals surface area contributed by atoms with E-state index in [0.29, 0.717) is 6.42 Å². The van der Waals surface area contributed by atoms with Crippen LogP contribution in [-0.4, -0.2) is 23.4 Å². The molecule has 0 aromatic heterocycles. The number of carbonyl (C=O) groups is 2. The lowest BCUT2D eigenvalue weighted by Gasteiger charge is -2.37. The van der Waals surface area contributed by atoms with E-state index < -0.39 is 17.3 Å². The summed E-state index contributed by atoms with van der Waals surface area (Å²) in [6.07, 6.45) is 0.839. The van der Waals surface area contributed by atoms with Crippen LogP contribution in [-0.2, 0) is 28.9 Å². The molecule has 0 heterocycles. The highest BCUT2D eigenvalue weighted by Gasteiger charge is 2.48. The number of hydrogen-bond acceptors (Lipinski definition) is 3. The summed E-state index contributed by atoms with van der Waals surface area (Å²) in [5, 5.41) is 10.5. The van der Waals surface area contributed by atoms with Crippen LogP contribution in [0.15, 0.2) is 91.0 Å². The van der Waals surface area contributed by atoms with Gasteiger partial charge in [-0.05, 0) is 36.0 Å². The van der Waals surface area contributed by atoms with Gasteiger partial charge in [0.05, 0.1) is 12.0 Å². The van der Waals surface area contributed by atoms with Crippen molar-refractivity contribution in [3.8, 4) is 0 Å². The van der Waals surface area contributed by atoms with Gasteiger partial charge in [0.15, 0.2) is 5.78 Å². The molecule has 0 aliphatic carbocycles. The summed E-state index contributed by atoms with van der Waals surface area (Å²) in [6, 6.07) is 28.6. The third-order valence-electron chi connectivity index (χ3n) is 5.69. The molecule has 3 rings (SSSR count). The zero-order chi connectivity index (χ0) is 21.4. The Bertz CT molecular complexity index is 920. The molecule has 3 aromatic rings. The number of carbonyl (C=O) groups excluding carboxylic acids is 1. The third-order valence-corrected chi connectivity index (χ3v) is 5.69. The van der Waals surface area contributed by atoms with Gasteiger partial charge in [0.25, 0.3) is 0 Å². The van der Waals surface area contributed by atoms with Crippen LogP contribution in [0.1, 0.15) is 16.7 Å². The van der Waals surface area contributed by atoms with Gasteiger partial charge in [-0.25, -0.2) is 0 Å². The van der Waals surface area contributed by atoms with Gasteiger partial charge < -0.3 is 10.8 Å². The van der Waals surface area contributed by atoms with Crippen LogP contribution >= 0.6 is 12.4 Å². The monoisotopic (exact) mass is 437 g/mol. The van der Waals surface area contributed by atoms with Gasteiger partial charge >= 0.3 is 5.97 Å². The van der Waals surface area contributed by atoms with Crippen LogP contribution in [0.4, 0.5) is 0 Å². The van der Waals surface area contributed by atoms with E-state index in [2.05, 4.69) is 0 Å². The second-order valence-electron chi connectivity index (χ2n) is 7.70. The summed E-state index contributed by atoms with van der Waals surface area (Å²) >= 11 is 0. The van der Waals surface area contributed by atoms with Crippen molar-refractivity contribution < 1.29 is 14.7 Å². The summed E-state index contributed by atoms with van der Waals surface area (Å²) in [6.45, 7) is -0.184. The third kappa shape index (κ3) is 6.03. The Morgan fingerprint density at radius 1 is 0.742 bits per heavy atom. The molecule has 3 aromatic carbocycles. The van der Waals surface area contributed by atoms with Crippen molar-refractivity contribution in [3.05, 3.63) is 108 Å². The maximum atomic E-state index is 13.1. The molecule has 3 N–H and O–H groups in total. The highest BCUT2D eigenvalue weighted by molar-refractivity contribution is 5.90. The van der Waals surface area contributed by atoms with Crippen molar-refractivity contribution in [1.82, 2.24) is 0 Å². The molecule has 162 valence electrons. The second-order valence-corrected chi connectivity index (χ2v) is 7.70. The lowest BCUT2D eigenvalue weighted by molar-refractivity contribution is -0.156. The zero-order valence-electron chi connectivity index (χ0n) is 17.3. The van der Waals surface area contributed by atoms with Gasteiger partial charge in [-0.2, -0.15) is 0 Å². The molecular weight excluding hydrogens is 410 g/mol. The van der Waals surface area contributed by atoms with Crippen molar-refractivity contribution in [2.75, 3.05) is 6.54 Å². The van der Waals surface area contributed by atoms with Gasteiger partial charge in [-0.1, -0.05) is 91.0 Å². The number of nitrogens with two attached hydrogens (primary N) is 1. The first-order valence-corrected chi connectivity index (χ1v) is 10.1. The topological polar surface area (TPSA) is 80.4 Å². The van der Waals surface area contributed by atoms with E-state index in [0.717, 1.165) is 16.7 Å². The summed E-state index contributed by atoms with van der Waals surface area (Å²) in [4.78, 5) is 25.9. The van der Waals surface area contributed by atoms with Crippen molar-refractivity contribution in [2.45, 2.75) is 19.3 Å². The lowest BCUT2D eigenvalue weighted by Crippen LogP contribution is -2.48. The minimum atomic E-state index is -1.31. The number of halogens is 1. The zero-order valence-corrected chi connectivity index (χ0v) is 18.1. The van der Waals surface area contributed by atoms with Crippen molar-refractivity contribution in [3.63, 3.8) is 0 Å². The number of Topliss-reactive ketones (excluding diaryl/α,β-unsaturated/α-hetero) is 1. The Kier molecular flexibility index (Phi) is 8.98. The van der Waals surface area contributed by atoms with Crippen molar-refractivity contribution >= 4 is 24.2 Å². The van der Waals surface area contributed by atoms with Crippen LogP contribution in [0.2, 0.25) is 0 Å². The Balaban J connectivity index is 0.00000341. The molecule has 0 amide bonds. The molecule has 0 aliphatic rings. The number of rotatable bonds is 10. The van der Waals surface area contributed by atoms with Gasteiger partial charge in [0, 0.05) is 5.92 Å². The molecule has 0 saturated heterocycles. The average Bonchev–Trinajstić information content (AvgIpc) is 2.78. The van der Waals surface area contributed by atoms with E-state index in [-0.39, 0.29) is 37.6 Å². The number of ketones is 1. The Morgan fingerprint density at radius 2 is 1.13 bits per heavy atom. The fourth-order valence-corrected chi connectivity index (χ4v) is 4.14. The molecule has 0 radical (unpaired) electrons. The normalized spacial score (nSPS) is 11.9. The fourth-order valence-electron chi connectivity index (χ4n) is 4.14. The fraction of sp³-hybridized carbons (Fsp3) is 0.231. The SMILES string of the molecule is Cl.NCC(=O)C(Cc1ccccc1)C(Cc1ccccc1)(Cc1ccccc1)C(=O)O. The minimum absolute atomic E-state index is 0. The Labute approximate surface area is 189 Å². The van der Waals surface area contributed by atoms with E-state index >= 15 is 0 Å². The van der Waals surface area contributed by atoms with Crippen LogP contribution in [0, 0.1) is 11.3 Å². The molecule has 1 atom stereocenters. The smallest absolute Gasteiger partial charge is 0.311 e. The predicted octanol–water partition coefficient (Wildman–Crippen LogP) is 4.35. The highest BCUT2D eigenvalue weighted by atomic mass is 35.5. The average molecular weight is 438 g/mol. The molecule has 31 heavy (non-hydrogen) atoms. The second kappa shape index (κ2) is 11.4. The molecule has 4 nitrogen and oxygen atoms in total. The maximum absolute atomic E-state index is 13.1. The number of hydrogen-bond donors (Lipinski definition) is 2. The molecule has 0 bridgehead atoms. The number of carboxylic acids is 1. The minimum Gasteiger partial charge on any atom is -0.481 e. The molecule has 1 unspecified atom stereocenters. The van der Waals surface area contributed by atoms with Gasteiger partial charge in [-0.3, -0.25) is 9.59 Å². The summed E-state index contributed by atoms with van der Waals surface area (Å²) in [5.74, 6) is -1.95. The van der Waals surface area contributed by atoms with Crippen LogP contribution in [0.3, 0.4) is 0 Å². The van der Waals surface area contributed by atoms with Crippen LogP contribution < -0.4 is 5.73 Å². The molecule has 0 aliphatic heterocycles. The van der Waals surface area contributed by atoms with E-state index in [1.165, 1.54) is 0 Å². The Hall–Kier alpha value is -2.95. The molecule has 0 saturated carbocycles. The van der Waals surface area contributed by atoms with Gasteiger partial charge in [0.1, 0.15) is 0 Å². The van der Waals surface area contributed by atoms with Crippen molar-refractivity contribution in [1.29, 1.82) is 0 Å². The molecule has 5 heteroatoms. The first kappa shape index (κ1) is 24.3. The number of aliphatic carboxylic acids is 1. The molecule has 0 fully saturated rings. The summed E-state index contributed by atoms with van der Waals surface area (Å²) < 4.78 is 0. The van der Waals surface area contributed by atoms with Crippen LogP contribution in [0.5, 0.6) is 0 Å². The standard InChI is InChI=1S/C26H27NO3.ClH/c27-19-24(28)23(16-20-10-4-1-5-11-20)26(25(29)30,17-21-12-6-2-7-13-21)18-22-14-8-3-9-15-22;/h1-15,23H,16-19,27H2,(H,29,30);1H. The Morgan fingerprint density at radius 3 is 1.48 bits per heavy atom. The first-order chi connectivity index (χ1) is 14.5. The van der Waals surface area contributed by atoms with Gasteiger partial charge in [-0.15, -0.1) is 12.4 Å². The van der Waals surface area contributed by atoms with E-state index in [9.17, 15) is 14.7 Å². The van der Waals surface area contributed by atoms with Crippen LogP contribution in [0.25, 0.3) is 0 Å². The van der Waals surface area contributed by atoms with E-state index in [4.69, 9.17) is 5.73 Å². The highest BCUT2D eigenvalue weighted by Crippen LogP contribution is 2.39. The summed E-state index contributed by atoms with van der Waals surface area (Å²) in [7, 11) is 0. The predicted molar refractivity (Wildman–Crippen MR) is 125 cm³/mol. The largest absolute Gasteiger partial charge is 0.481 e. The van der Waals surface area contributed by atoms with E-state index in [1.54, 1.807) is 0 Å². The first-order valence-electron chi connectivity index (χ1n) is 10.1. The molecular formula is C26H28ClNO3. The quantitative estimate of drug-likeness (QED) is 0.494. The summed E-state index contributed by atoms with van der Waals surface area (Å²) in [5.41, 5.74) is 7.16. The number of benzene rings is 3. The van der Waals surface area contributed by atoms with Gasteiger partial charge in [0.2, 0.25) is 0 Å². The lowest BCUT2D eigenvalue weighted by atomic mass is 9.64. The molecule has 0 spiro atoms. The number of carboxylic acid groups (broad SMARTS) is 1. The maximum Gasteiger partial charge on any atom is 0.311 e. The van der Waals surface area contributed by atoms with E-state index in [1.807, 2.05) is 91.0 Å². The van der Waals surface area contributed by atoms with Crippen molar-refractivity contribution in [2.24, 2.45) is 17.1 Å².